The van der Waals surface area contributed by atoms with E-state index in [9.17, 15) is 18.3 Å². The van der Waals surface area contributed by atoms with E-state index in [0.717, 1.165) is 12.7 Å². The van der Waals surface area contributed by atoms with Crippen molar-refractivity contribution in [1.82, 2.24) is 4.90 Å². The molecule has 1 rings (SSSR count). The quantitative estimate of drug-likeness (QED) is 0.812. The first-order valence-electron chi connectivity index (χ1n) is 6.28. The third kappa shape index (κ3) is 2.85. The average Bonchev–Trinajstić information content (AvgIpc) is 2.27. The van der Waals surface area contributed by atoms with Gasteiger partial charge in [-0.15, -0.1) is 0 Å². The van der Waals surface area contributed by atoms with Crippen LogP contribution < -0.4 is 0 Å². The molecule has 0 aromatic carbocycles. The maximum atomic E-state index is 12.3. The highest BCUT2D eigenvalue weighted by Crippen LogP contribution is 2.25. The number of hydrogen-bond donors (Lipinski definition) is 1. The lowest BCUT2D eigenvalue weighted by atomic mass is 9.92. The van der Waals surface area contributed by atoms with Crippen LogP contribution in [0.4, 0.5) is 0 Å². The molecule has 1 amide bonds. The van der Waals surface area contributed by atoms with Crippen LogP contribution in [-0.4, -0.2) is 54.5 Å². The number of nitrogens with zero attached hydrogens (tertiary/aromatic N) is 1. The molecule has 0 aromatic heterocycles. The van der Waals surface area contributed by atoms with Crippen molar-refractivity contribution in [1.29, 1.82) is 0 Å². The Morgan fingerprint density at radius 3 is 2.44 bits per heavy atom. The van der Waals surface area contributed by atoms with Gasteiger partial charge in [0.1, 0.15) is 4.75 Å². The Balaban J connectivity index is 2.86. The number of aliphatic hydroxyl groups excluding tert-OH is 1. The highest BCUT2D eigenvalue weighted by Gasteiger charge is 2.43. The van der Waals surface area contributed by atoms with Gasteiger partial charge in [0.25, 0.3) is 0 Å². The van der Waals surface area contributed by atoms with Crippen molar-refractivity contribution < 1.29 is 18.3 Å². The van der Waals surface area contributed by atoms with Crippen molar-refractivity contribution in [2.24, 2.45) is 5.92 Å². The molecule has 0 aromatic rings. The van der Waals surface area contributed by atoms with E-state index in [1.807, 2.05) is 6.92 Å². The summed E-state index contributed by atoms with van der Waals surface area (Å²) in [4.78, 5) is 13.9. The van der Waals surface area contributed by atoms with Crippen molar-refractivity contribution in [2.45, 2.75) is 44.5 Å². The van der Waals surface area contributed by atoms with Gasteiger partial charge in [-0.3, -0.25) is 4.79 Å². The Morgan fingerprint density at radius 2 is 2.00 bits per heavy atom. The lowest BCUT2D eigenvalue weighted by molar-refractivity contribution is -0.137. The minimum Gasteiger partial charge on any atom is -0.393 e. The Hall–Kier alpha value is -0.620. The van der Waals surface area contributed by atoms with Gasteiger partial charge in [0, 0.05) is 25.3 Å². The zero-order valence-electron chi connectivity index (χ0n) is 11.5. The number of rotatable bonds is 3. The van der Waals surface area contributed by atoms with E-state index < -0.39 is 14.6 Å². The minimum atomic E-state index is -3.44. The van der Waals surface area contributed by atoms with Gasteiger partial charge in [0.2, 0.25) is 5.91 Å². The smallest absolute Gasteiger partial charge is 0.243 e. The van der Waals surface area contributed by atoms with Gasteiger partial charge >= 0.3 is 0 Å². The fourth-order valence-electron chi connectivity index (χ4n) is 2.14. The van der Waals surface area contributed by atoms with Gasteiger partial charge < -0.3 is 10.0 Å². The molecule has 0 saturated carbocycles. The van der Waals surface area contributed by atoms with E-state index in [1.54, 1.807) is 4.90 Å². The molecule has 0 aliphatic carbocycles. The first-order valence-corrected chi connectivity index (χ1v) is 8.17. The number of piperidine rings is 1. The molecular formula is C12H23NO4S. The monoisotopic (exact) mass is 277 g/mol. The van der Waals surface area contributed by atoms with Crippen LogP contribution in [0.2, 0.25) is 0 Å². The van der Waals surface area contributed by atoms with Gasteiger partial charge in [0.15, 0.2) is 9.84 Å². The summed E-state index contributed by atoms with van der Waals surface area (Å²) in [5.41, 5.74) is 0. The van der Waals surface area contributed by atoms with E-state index in [1.165, 1.54) is 13.8 Å². The summed E-state index contributed by atoms with van der Waals surface area (Å²) >= 11 is 0. The SMILES string of the molecule is CCC1CN(C(=O)C(C)(C)S(C)(=O)=O)CCC1O. The average molecular weight is 277 g/mol. The van der Waals surface area contributed by atoms with Crippen molar-refractivity contribution in [3.8, 4) is 0 Å². The summed E-state index contributed by atoms with van der Waals surface area (Å²) in [6, 6.07) is 0. The minimum absolute atomic E-state index is 0.0399. The lowest BCUT2D eigenvalue weighted by Crippen LogP contribution is -2.54. The van der Waals surface area contributed by atoms with Crippen molar-refractivity contribution in [3.63, 3.8) is 0 Å². The number of amides is 1. The molecule has 1 heterocycles. The van der Waals surface area contributed by atoms with Crippen LogP contribution in [0.25, 0.3) is 0 Å². The molecule has 106 valence electrons. The molecule has 1 N–H and O–H groups in total. The van der Waals surface area contributed by atoms with Crippen LogP contribution in [0.15, 0.2) is 0 Å². The van der Waals surface area contributed by atoms with Gasteiger partial charge in [-0.2, -0.15) is 0 Å². The van der Waals surface area contributed by atoms with Crippen molar-refractivity contribution in [3.05, 3.63) is 0 Å². The van der Waals surface area contributed by atoms with Gasteiger partial charge in [-0.05, 0) is 26.7 Å². The van der Waals surface area contributed by atoms with Crippen LogP contribution in [0.5, 0.6) is 0 Å². The van der Waals surface area contributed by atoms with E-state index in [0.29, 0.717) is 19.5 Å². The zero-order valence-corrected chi connectivity index (χ0v) is 12.3. The standard InChI is InChI=1S/C12H23NO4S/c1-5-9-8-13(7-6-10(9)14)11(15)12(2,3)18(4,16)17/h9-10,14H,5-8H2,1-4H3. The molecule has 1 saturated heterocycles. The number of carbonyl (C=O) groups is 1. The predicted molar refractivity (Wildman–Crippen MR) is 69.9 cm³/mol. The maximum Gasteiger partial charge on any atom is 0.243 e. The molecule has 0 spiro atoms. The molecule has 6 heteroatoms. The topological polar surface area (TPSA) is 74.7 Å². The second-order valence-corrected chi connectivity index (χ2v) is 8.12. The highest BCUT2D eigenvalue weighted by atomic mass is 32.2. The summed E-state index contributed by atoms with van der Waals surface area (Å²) in [5.74, 6) is -0.326. The number of sulfone groups is 1. The van der Waals surface area contributed by atoms with Gasteiger partial charge in [0.05, 0.1) is 6.10 Å². The molecule has 1 aliphatic heterocycles. The Labute approximate surface area is 109 Å². The number of aliphatic hydroxyl groups is 1. The van der Waals surface area contributed by atoms with E-state index in [2.05, 4.69) is 0 Å². The van der Waals surface area contributed by atoms with Gasteiger partial charge in [-0.25, -0.2) is 8.42 Å². The summed E-state index contributed by atoms with van der Waals surface area (Å²) < 4.78 is 21.9. The highest BCUT2D eigenvalue weighted by molar-refractivity contribution is 7.92. The third-order valence-electron chi connectivity index (χ3n) is 3.95. The lowest BCUT2D eigenvalue weighted by Gasteiger charge is -2.39. The van der Waals surface area contributed by atoms with E-state index >= 15 is 0 Å². The molecular weight excluding hydrogens is 254 g/mol. The molecule has 1 fully saturated rings. The van der Waals surface area contributed by atoms with Crippen molar-refractivity contribution >= 4 is 15.7 Å². The molecule has 2 atom stereocenters. The zero-order chi connectivity index (χ0) is 14.1. The molecule has 0 radical (unpaired) electrons. The van der Waals surface area contributed by atoms with Crippen LogP contribution >= 0.6 is 0 Å². The first kappa shape index (κ1) is 15.4. The molecule has 0 bridgehead atoms. The van der Waals surface area contributed by atoms with Crippen molar-refractivity contribution in [2.75, 3.05) is 19.3 Å². The summed E-state index contributed by atoms with van der Waals surface area (Å²) in [6.07, 6.45) is 2.00. The Bertz CT molecular complexity index is 416. The summed E-state index contributed by atoms with van der Waals surface area (Å²) in [6.45, 7) is 5.71. The van der Waals surface area contributed by atoms with Crippen LogP contribution in [0, 0.1) is 5.92 Å². The fourth-order valence-corrected chi connectivity index (χ4v) is 2.59. The van der Waals surface area contributed by atoms with Crippen LogP contribution in [0.3, 0.4) is 0 Å². The molecule has 5 nitrogen and oxygen atoms in total. The summed E-state index contributed by atoms with van der Waals surface area (Å²) in [5, 5.41) is 9.77. The summed E-state index contributed by atoms with van der Waals surface area (Å²) in [7, 11) is -3.44. The third-order valence-corrected chi connectivity index (χ3v) is 5.98. The number of hydrogen-bond acceptors (Lipinski definition) is 4. The second-order valence-electron chi connectivity index (χ2n) is 5.56. The Morgan fingerprint density at radius 1 is 1.44 bits per heavy atom. The predicted octanol–water partition coefficient (Wildman–Crippen LogP) is 0.429. The first-order chi connectivity index (χ1) is 8.11. The normalized spacial score (nSPS) is 26.2. The van der Waals surface area contributed by atoms with E-state index in [-0.39, 0.29) is 17.9 Å². The fraction of sp³-hybridized carbons (Fsp3) is 0.917. The molecule has 18 heavy (non-hydrogen) atoms. The number of carbonyl (C=O) groups excluding carboxylic acids is 1. The van der Waals surface area contributed by atoms with Crippen LogP contribution in [-0.2, 0) is 14.6 Å². The Kier molecular flexibility index (Phi) is 4.43. The largest absolute Gasteiger partial charge is 0.393 e. The second kappa shape index (κ2) is 5.17. The van der Waals surface area contributed by atoms with Crippen LogP contribution in [0.1, 0.15) is 33.6 Å². The molecule has 2 unspecified atom stereocenters. The number of likely N-dealkylation sites (tertiary alicyclic amines) is 1. The maximum absolute atomic E-state index is 12.3. The molecule has 1 aliphatic rings. The van der Waals surface area contributed by atoms with E-state index in [4.69, 9.17) is 0 Å². The van der Waals surface area contributed by atoms with Gasteiger partial charge in [-0.1, -0.05) is 6.92 Å².